The fourth-order valence-electron chi connectivity index (χ4n) is 3.33. The molecule has 0 aliphatic heterocycles. The van der Waals surface area contributed by atoms with E-state index in [2.05, 4.69) is 70.0 Å². The van der Waals surface area contributed by atoms with Gasteiger partial charge in [-0.05, 0) is 66.9 Å². The molecule has 5 nitrogen and oxygen atoms in total. The summed E-state index contributed by atoms with van der Waals surface area (Å²) >= 11 is 3.68. The maximum absolute atomic E-state index is 12.0. The molecule has 1 heterocycles. The molecule has 3 aromatic rings. The first-order valence-corrected chi connectivity index (χ1v) is 10.1. The smallest absolute Gasteiger partial charge is 0.277 e. The second-order valence-electron chi connectivity index (χ2n) is 6.87. The molecule has 0 spiro atoms. The normalized spacial score (nSPS) is 11.1. The summed E-state index contributed by atoms with van der Waals surface area (Å²) in [4.78, 5) is 12.0. The third-order valence-electron chi connectivity index (χ3n) is 4.77. The van der Waals surface area contributed by atoms with Crippen molar-refractivity contribution in [3.05, 3.63) is 81.1 Å². The fraction of sp³-hybridized carbons (Fsp3) is 0.217. The highest BCUT2D eigenvalue weighted by Crippen LogP contribution is 2.32. The number of hydrogen-bond acceptors (Lipinski definition) is 3. The molecule has 0 fully saturated rings. The van der Waals surface area contributed by atoms with Crippen molar-refractivity contribution in [2.45, 2.75) is 27.7 Å². The standard InChI is InChI=1S/C23H24BrN3O2/c1-15-9-8-10-16(2)23(15)27-17(3)20(22(24)18(27)4)13-25-26-21(28)14-29-19-11-6-5-7-12-19/h5-13H,14H2,1-4H3,(H,26,28)/b25-13-. The molecule has 150 valence electrons. The first kappa shape index (κ1) is 20.9. The lowest BCUT2D eigenvalue weighted by Gasteiger charge is -2.15. The predicted molar refractivity (Wildman–Crippen MR) is 120 cm³/mol. The van der Waals surface area contributed by atoms with E-state index in [-0.39, 0.29) is 12.5 Å². The zero-order valence-corrected chi connectivity index (χ0v) is 18.6. The highest BCUT2D eigenvalue weighted by Gasteiger charge is 2.18. The van der Waals surface area contributed by atoms with Crippen molar-refractivity contribution in [1.29, 1.82) is 0 Å². The molecule has 0 aliphatic rings. The Morgan fingerprint density at radius 2 is 1.69 bits per heavy atom. The number of amides is 1. The summed E-state index contributed by atoms with van der Waals surface area (Å²) in [5, 5.41) is 4.12. The summed E-state index contributed by atoms with van der Waals surface area (Å²) in [6.45, 7) is 8.23. The number of nitrogens with one attached hydrogen (secondary N) is 1. The number of aryl methyl sites for hydroxylation is 2. The Kier molecular flexibility index (Phi) is 6.54. The largest absolute Gasteiger partial charge is 0.484 e. The average molecular weight is 454 g/mol. The van der Waals surface area contributed by atoms with E-state index in [0.29, 0.717) is 5.75 Å². The zero-order chi connectivity index (χ0) is 21.0. The lowest BCUT2D eigenvalue weighted by Crippen LogP contribution is -2.24. The van der Waals surface area contributed by atoms with E-state index in [9.17, 15) is 4.79 Å². The van der Waals surface area contributed by atoms with Crippen LogP contribution in [0.5, 0.6) is 5.75 Å². The van der Waals surface area contributed by atoms with Crippen LogP contribution in [0.25, 0.3) is 5.69 Å². The summed E-state index contributed by atoms with van der Waals surface area (Å²) < 4.78 is 8.60. The number of rotatable bonds is 6. The summed E-state index contributed by atoms with van der Waals surface area (Å²) in [6, 6.07) is 15.5. The van der Waals surface area contributed by atoms with Crippen LogP contribution >= 0.6 is 15.9 Å². The minimum absolute atomic E-state index is 0.0933. The molecule has 0 aliphatic carbocycles. The monoisotopic (exact) mass is 453 g/mol. The number of halogens is 1. The molecule has 1 amide bonds. The van der Waals surface area contributed by atoms with Crippen LogP contribution in [0.1, 0.15) is 28.1 Å². The van der Waals surface area contributed by atoms with Crippen LogP contribution in [0.4, 0.5) is 0 Å². The quantitative estimate of drug-likeness (QED) is 0.421. The van der Waals surface area contributed by atoms with Gasteiger partial charge >= 0.3 is 0 Å². The molecule has 2 aromatic carbocycles. The van der Waals surface area contributed by atoms with Gasteiger partial charge in [-0.3, -0.25) is 4.79 Å². The van der Waals surface area contributed by atoms with E-state index in [0.717, 1.165) is 21.4 Å². The van der Waals surface area contributed by atoms with Crippen molar-refractivity contribution in [3.8, 4) is 11.4 Å². The molecule has 6 heteroatoms. The maximum Gasteiger partial charge on any atom is 0.277 e. The van der Waals surface area contributed by atoms with Crippen LogP contribution < -0.4 is 10.2 Å². The summed E-state index contributed by atoms with van der Waals surface area (Å²) in [5.74, 6) is 0.330. The number of hydrazone groups is 1. The van der Waals surface area contributed by atoms with E-state index in [1.807, 2.05) is 25.1 Å². The van der Waals surface area contributed by atoms with Crippen molar-refractivity contribution in [3.63, 3.8) is 0 Å². The second-order valence-corrected chi connectivity index (χ2v) is 7.66. The first-order valence-electron chi connectivity index (χ1n) is 9.34. The molecule has 0 atom stereocenters. The number of aromatic nitrogens is 1. The van der Waals surface area contributed by atoms with Gasteiger partial charge in [-0.25, -0.2) is 5.43 Å². The van der Waals surface area contributed by atoms with Crippen molar-refractivity contribution in [1.82, 2.24) is 9.99 Å². The van der Waals surface area contributed by atoms with Gasteiger partial charge in [0.15, 0.2) is 6.61 Å². The van der Waals surface area contributed by atoms with Gasteiger partial charge in [0.1, 0.15) is 5.75 Å². The molecule has 0 saturated heterocycles. The average Bonchev–Trinajstić information content (AvgIpc) is 2.91. The van der Waals surface area contributed by atoms with Crippen molar-refractivity contribution >= 4 is 28.1 Å². The lowest BCUT2D eigenvalue weighted by atomic mass is 10.1. The minimum atomic E-state index is -0.315. The fourth-order valence-corrected chi connectivity index (χ4v) is 3.90. The van der Waals surface area contributed by atoms with Gasteiger partial charge in [0.25, 0.3) is 5.91 Å². The SMILES string of the molecule is Cc1cccc(C)c1-n1c(C)c(Br)c(/C=N\NC(=O)COc2ccccc2)c1C. The third kappa shape index (κ3) is 4.59. The summed E-state index contributed by atoms with van der Waals surface area (Å²) in [5.41, 5.74) is 9.15. The molecule has 1 N–H and O–H groups in total. The Morgan fingerprint density at radius 3 is 2.34 bits per heavy atom. The number of nitrogens with zero attached hydrogens (tertiary/aromatic N) is 2. The zero-order valence-electron chi connectivity index (χ0n) is 17.0. The highest BCUT2D eigenvalue weighted by atomic mass is 79.9. The van der Waals surface area contributed by atoms with Gasteiger partial charge in [-0.1, -0.05) is 36.4 Å². The minimum Gasteiger partial charge on any atom is -0.484 e. The molecule has 0 unspecified atom stereocenters. The molecular formula is C23H24BrN3O2. The number of para-hydroxylation sites is 2. The third-order valence-corrected chi connectivity index (χ3v) is 5.77. The Bertz CT molecular complexity index is 1040. The molecule has 29 heavy (non-hydrogen) atoms. The highest BCUT2D eigenvalue weighted by molar-refractivity contribution is 9.10. The molecular weight excluding hydrogens is 430 g/mol. The molecule has 0 radical (unpaired) electrons. The van der Waals surface area contributed by atoms with Crippen LogP contribution in [-0.2, 0) is 4.79 Å². The van der Waals surface area contributed by atoms with Gasteiger partial charge in [-0.15, -0.1) is 0 Å². The summed E-state index contributed by atoms with van der Waals surface area (Å²) in [7, 11) is 0. The summed E-state index contributed by atoms with van der Waals surface area (Å²) in [6.07, 6.45) is 1.66. The second kappa shape index (κ2) is 9.09. The van der Waals surface area contributed by atoms with Crippen LogP contribution in [0.2, 0.25) is 0 Å². The Labute approximate surface area is 179 Å². The van der Waals surface area contributed by atoms with Gasteiger partial charge in [0, 0.05) is 21.4 Å². The Morgan fingerprint density at radius 1 is 1.03 bits per heavy atom. The van der Waals surface area contributed by atoms with E-state index in [1.165, 1.54) is 16.8 Å². The van der Waals surface area contributed by atoms with Crippen molar-refractivity contribution in [2.75, 3.05) is 6.61 Å². The Balaban J connectivity index is 1.75. The predicted octanol–water partition coefficient (Wildman–Crippen LogP) is 5.00. The number of carbonyl (C=O) groups is 1. The first-order chi connectivity index (χ1) is 13.9. The number of hydrogen-bond donors (Lipinski definition) is 1. The molecule has 0 saturated carbocycles. The maximum atomic E-state index is 12.0. The number of ether oxygens (including phenoxy) is 1. The van der Waals surface area contributed by atoms with Crippen LogP contribution in [0, 0.1) is 27.7 Å². The lowest BCUT2D eigenvalue weighted by molar-refractivity contribution is -0.123. The number of benzene rings is 2. The van der Waals surface area contributed by atoms with Gasteiger partial charge in [0.05, 0.1) is 11.9 Å². The molecule has 3 rings (SSSR count). The van der Waals surface area contributed by atoms with E-state index in [4.69, 9.17) is 4.74 Å². The van der Waals surface area contributed by atoms with E-state index < -0.39 is 0 Å². The molecule has 1 aromatic heterocycles. The van der Waals surface area contributed by atoms with E-state index in [1.54, 1.807) is 18.3 Å². The van der Waals surface area contributed by atoms with Crippen LogP contribution in [0.3, 0.4) is 0 Å². The van der Waals surface area contributed by atoms with Crippen molar-refractivity contribution in [2.24, 2.45) is 5.10 Å². The van der Waals surface area contributed by atoms with Crippen molar-refractivity contribution < 1.29 is 9.53 Å². The van der Waals surface area contributed by atoms with Crippen LogP contribution in [0.15, 0.2) is 58.1 Å². The topological polar surface area (TPSA) is 55.6 Å². The number of carbonyl (C=O) groups excluding carboxylic acids is 1. The van der Waals surface area contributed by atoms with Crippen LogP contribution in [-0.4, -0.2) is 23.3 Å². The van der Waals surface area contributed by atoms with Gasteiger partial charge in [0.2, 0.25) is 0 Å². The van der Waals surface area contributed by atoms with Gasteiger partial charge in [-0.2, -0.15) is 5.10 Å². The van der Waals surface area contributed by atoms with Gasteiger partial charge < -0.3 is 9.30 Å². The van der Waals surface area contributed by atoms with E-state index >= 15 is 0 Å². The molecule has 0 bridgehead atoms. The Hall–Kier alpha value is -2.86.